The summed E-state index contributed by atoms with van der Waals surface area (Å²) in [4.78, 5) is 14.5. The minimum absolute atomic E-state index is 0.122. The van der Waals surface area contributed by atoms with E-state index in [0.717, 1.165) is 0 Å². The van der Waals surface area contributed by atoms with Crippen molar-refractivity contribution in [2.45, 2.75) is 32.4 Å². The van der Waals surface area contributed by atoms with Gasteiger partial charge < -0.3 is 15.7 Å². The van der Waals surface area contributed by atoms with Crippen molar-refractivity contribution in [2.24, 2.45) is 0 Å². The van der Waals surface area contributed by atoms with Crippen LogP contribution < -0.4 is 10.6 Å². The van der Waals surface area contributed by atoms with E-state index >= 15 is 0 Å². The molecular formula is C11H18N4O3. The number of hydrogen-bond donors (Lipinski definition) is 3. The van der Waals surface area contributed by atoms with Crippen LogP contribution in [0.3, 0.4) is 0 Å². The molecule has 0 saturated carbocycles. The zero-order valence-corrected chi connectivity index (χ0v) is 10.9. The Labute approximate surface area is 105 Å². The molecule has 7 nitrogen and oxygen atoms in total. The molecule has 3 N–H and O–H groups in total. The van der Waals surface area contributed by atoms with Crippen LogP contribution >= 0.6 is 0 Å². The predicted octanol–water partition coefficient (Wildman–Crippen LogP) is 1.60. The second-order valence-corrected chi connectivity index (χ2v) is 4.59. The van der Waals surface area contributed by atoms with Gasteiger partial charge in [-0.25, -0.2) is 4.98 Å². The van der Waals surface area contributed by atoms with Gasteiger partial charge in [-0.3, -0.25) is 10.1 Å². The van der Waals surface area contributed by atoms with Crippen LogP contribution in [0.5, 0.6) is 0 Å². The molecule has 0 bridgehead atoms. The van der Waals surface area contributed by atoms with Crippen LogP contribution in [0.15, 0.2) is 12.1 Å². The summed E-state index contributed by atoms with van der Waals surface area (Å²) in [5, 5.41) is 26.3. The van der Waals surface area contributed by atoms with Crippen LogP contribution in [-0.4, -0.2) is 33.7 Å². The first kappa shape index (κ1) is 14.2. The SMILES string of the molecule is CNc1ccc([N+](=O)[O-])c(NC(C)(C)C(C)O)n1. The molecule has 1 unspecified atom stereocenters. The molecular weight excluding hydrogens is 236 g/mol. The number of aromatic nitrogens is 1. The summed E-state index contributed by atoms with van der Waals surface area (Å²) in [6, 6.07) is 2.90. The Bertz CT molecular complexity index is 446. The molecule has 100 valence electrons. The van der Waals surface area contributed by atoms with Crippen LogP contribution in [-0.2, 0) is 0 Å². The van der Waals surface area contributed by atoms with Crippen molar-refractivity contribution < 1.29 is 10.0 Å². The molecule has 1 aromatic heterocycles. The third kappa shape index (κ3) is 3.07. The van der Waals surface area contributed by atoms with E-state index in [-0.39, 0.29) is 11.5 Å². The molecule has 1 atom stereocenters. The molecule has 0 aliphatic heterocycles. The first-order valence-electron chi connectivity index (χ1n) is 5.57. The van der Waals surface area contributed by atoms with Crippen LogP contribution in [0.2, 0.25) is 0 Å². The fraction of sp³-hybridized carbons (Fsp3) is 0.545. The normalized spacial score (nSPS) is 12.9. The van der Waals surface area contributed by atoms with Crippen molar-refractivity contribution >= 4 is 17.3 Å². The fourth-order valence-electron chi connectivity index (χ4n) is 1.24. The maximum Gasteiger partial charge on any atom is 0.311 e. The summed E-state index contributed by atoms with van der Waals surface area (Å²) in [6.45, 7) is 5.10. The molecule has 18 heavy (non-hydrogen) atoms. The zero-order valence-electron chi connectivity index (χ0n) is 10.9. The van der Waals surface area contributed by atoms with Gasteiger partial charge in [-0.15, -0.1) is 0 Å². The van der Waals surface area contributed by atoms with Gasteiger partial charge in [-0.1, -0.05) is 0 Å². The zero-order chi connectivity index (χ0) is 13.9. The van der Waals surface area contributed by atoms with Crippen molar-refractivity contribution in [1.82, 2.24) is 4.98 Å². The lowest BCUT2D eigenvalue weighted by atomic mass is 9.99. The number of nitro groups is 1. The Hall–Kier alpha value is -1.89. The largest absolute Gasteiger partial charge is 0.391 e. The molecule has 0 aromatic carbocycles. The van der Waals surface area contributed by atoms with E-state index < -0.39 is 16.6 Å². The Morgan fingerprint density at radius 2 is 2.11 bits per heavy atom. The van der Waals surface area contributed by atoms with E-state index in [2.05, 4.69) is 15.6 Å². The summed E-state index contributed by atoms with van der Waals surface area (Å²) in [5.41, 5.74) is -0.841. The average molecular weight is 254 g/mol. The molecule has 0 spiro atoms. The highest BCUT2D eigenvalue weighted by Crippen LogP contribution is 2.27. The average Bonchev–Trinajstić information content (AvgIpc) is 2.27. The molecule has 7 heteroatoms. The van der Waals surface area contributed by atoms with E-state index in [1.165, 1.54) is 12.1 Å². The lowest BCUT2D eigenvalue weighted by Gasteiger charge is -2.29. The number of nitrogens with zero attached hydrogens (tertiary/aromatic N) is 2. The summed E-state index contributed by atoms with van der Waals surface area (Å²) >= 11 is 0. The lowest BCUT2D eigenvalue weighted by molar-refractivity contribution is -0.384. The highest BCUT2D eigenvalue weighted by molar-refractivity contribution is 5.61. The number of anilines is 2. The van der Waals surface area contributed by atoms with Crippen molar-refractivity contribution in [3.05, 3.63) is 22.2 Å². The van der Waals surface area contributed by atoms with Gasteiger partial charge in [-0.2, -0.15) is 0 Å². The third-order valence-electron chi connectivity index (χ3n) is 2.81. The van der Waals surface area contributed by atoms with Gasteiger partial charge >= 0.3 is 5.69 Å². The van der Waals surface area contributed by atoms with E-state index in [1.54, 1.807) is 27.8 Å². The van der Waals surface area contributed by atoms with Gasteiger partial charge in [0.2, 0.25) is 5.82 Å². The van der Waals surface area contributed by atoms with Gasteiger partial charge in [0.25, 0.3) is 0 Å². The minimum atomic E-state index is -0.718. The van der Waals surface area contributed by atoms with Crippen LogP contribution in [0.4, 0.5) is 17.3 Å². The second-order valence-electron chi connectivity index (χ2n) is 4.59. The second kappa shape index (κ2) is 5.18. The topological polar surface area (TPSA) is 100 Å². The highest BCUT2D eigenvalue weighted by atomic mass is 16.6. The van der Waals surface area contributed by atoms with Gasteiger partial charge in [-0.05, 0) is 26.8 Å². The van der Waals surface area contributed by atoms with Crippen molar-refractivity contribution in [3.63, 3.8) is 0 Å². The minimum Gasteiger partial charge on any atom is -0.391 e. The smallest absolute Gasteiger partial charge is 0.311 e. The molecule has 0 amide bonds. The molecule has 0 aliphatic rings. The number of pyridine rings is 1. The third-order valence-corrected chi connectivity index (χ3v) is 2.81. The summed E-state index contributed by atoms with van der Waals surface area (Å²) < 4.78 is 0. The predicted molar refractivity (Wildman–Crippen MR) is 69.8 cm³/mol. The van der Waals surface area contributed by atoms with Crippen molar-refractivity contribution in [3.8, 4) is 0 Å². The van der Waals surface area contributed by atoms with Gasteiger partial charge in [0.05, 0.1) is 16.6 Å². The number of aliphatic hydroxyl groups is 1. The van der Waals surface area contributed by atoms with E-state index in [9.17, 15) is 15.2 Å². The monoisotopic (exact) mass is 254 g/mol. The molecule has 1 heterocycles. The Morgan fingerprint density at radius 1 is 1.50 bits per heavy atom. The van der Waals surface area contributed by atoms with E-state index in [0.29, 0.717) is 5.82 Å². The first-order valence-corrected chi connectivity index (χ1v) is 5.57. The van der Waals surface area contributed by atoms with Gasteiger partial charge in [0.15, 0.2) is 0 Å². The first-order chi connectivity index (χ1) is 8.27. The lowest BCUT2D eigenvalue weighted by Crippen LogP contribution is -2.42. The molecule has 0 aliphatic carbocycles. The number of rotatable bonds is 5. The standard InChI is InChI=1S/C11H18N4O3/c1-7(16)11(2,3)14-10-8(15(17)18)5-6-9(12-4)13-10/h5-7,16H,1-4H3,(H2,12,13,14). The van der Waals surface area contributed by atoms with Crippen molar-refractivity contribution in [2.75, 3.05) is 17.7 Å². The molecule has 0 fully saturated rings. The Kier molecular flexibility index (Phi) is 4.07. The summed E-state index contributed by atoms with van der Waals surface area (Å²) in [7, 11) is 1.68. The highest BCUT2D eigenvalue weighted by Gasteiger charge is 2.28. The number of nitrogens with one attached hydrogen (secondary N) is 2. The fourth-order valence-corrected chi connectivity index (χ4v) is 1.24. The quantitative estimate of drug-likeness (QED) is 0.545. The van der Waals surface area contributed by atoms with Crippen LogP contribution in [0.1, 0.15) is 20.8 Å². The van der Waals surface area contributed by atoms with Gasteiger partial charge in [0.1, 0.15) is 5.82 Å². The number of aliphatic hydroxyl groups excluding tert-OH is 1. The molecule has 0 saturated heterocycles. The summed E-state index contributed by atoms with van der Waals surface area (Å²) in [5.74, 6) is 0.655. The maximum absolute atomic E-state index is 10.9. The van der Waals surface area contributed by atoms with Crippen LogP contribution in [0.25, 0.3) is 0 Å². The van der Waals surface area contributed by atoms with E-state index in [4.69, 9.17) is 0 Å². The Morgan fingerprint density at radius 3 is 2.56 bits per heavy atom. The van der Waals surface area contributed by atoms with Gasteiger partial charge in [0, 0.05) is 13.1 Å². The van der Waals surface area contributed by atoms with Crippen LogP contribution in [0, 0.1) is 10.1 Å². The van der Waals surface area contributed by atoms with E-state index in [1.807, 2.05) is 0 Å². The molecule has 0 radical (unpaired) electrons. The van der Waals surface area contributed by atoms with Crippen molar-refractivity contribution in [1.29, 1.82) is 0 Å². The molecule has 1 rings (SSSR count). The number of hydrogen-bond acceptors (Lipinski definition) is 6. The summed E-state index contributed by atoms with van der Waals surface area (Å²) in [6.07, 6.45) is -0.683. The Balaban J connectivity index is 3.16. The molecule has 1 aromatic rings. The maximum atomic E-state index is 10.9.